The van der Waals surface area contributed by atoms with Crippen LogP contribution >= 0.6 is 0 Å². The van der Waals surface area contributed by atoms with E-state index in [9.17, 15) is 14.4 Å². The Bertz CT molecular complexity index is 517. The molecule has 2 rings (SSSR count). The maximum atomic E-state index is 13.9. The summed E-state index contributed by atoms with van der Waals surface area (Å²) in [7, 11) is 0. The maximum Gasteiger partial charge on any atom is 0.313 e. The lowest BCUT2D eigenvalue weighted by Crippen LogP contribution is -2.44. The minimum Gasteiger partial charge on any atom is -0.466 e. The van der Waals surface area contributed by atoms with E-state index in [1.54, 1.807) is 25.1 Å². The normalized spacial score (nSPS) is 17.9. The Kier molecular flexibility index (Phi) is 3.84. The van der Waals surface area contributed by atoms with Crippen LogP contribution in [0.1, 0.15) is 37.7 Å². The summed E-state index contributed by atoms with van der Waals surface area (Å²) in [5, 5.41) is 9.40. The molecule has 0 radical (unpaired) electrons. The van der Waals surface area contributed by atoms with Gasteiger partial charge in [0.15, 0.2) is 0 Å². The standard InChI is InChI=1S/C15H16FNO2/c1-2-19-14(18)15(8-5-9-15)12(10-17)11-6-3-4-7-13(11)16/h3-4,6-7,12H,2,5,8-9H2,1H3. The average Bonchev–Trinajstić information content (AvgIpc) is 2.35. The number of benzene rings is 1. The second-order valence-electron chi connectivity index (χ2n) is 4.81. The van der Waals surface area contributed by atoms with Crippen LogP contribution in [0.15, 0.2) is 24.3 Å². The van der Waals surface area contributed by atoms with Crippen molar-refractivity contribution in [3.63, 3.8) is 0 Å². The number of halogens is 1. The predicted molar refractivity (Wildman–Crippen MR) is 67.7 cm³/mol. The number of hydrogen-bond donors (Lipinski definition) is 0. The molecule has 0 aliphatic heterocycles. The quantitative estimate of drug-likeness (QED) is 0.782. The first kappa shape index (κ1) is 13.5. The average molecular weight is 261 g/mol. The van der Waals surface area contributed by atoms with Gasteiger partial charge in [-0.05, 0) is 25.8 Å². The largest absolute Gasteiger partial charge is 0.466 e. The number of ether oxygens (including phenoxy) is 1. The van der Waals surface area contributed by atoms with Crippen LogP contribution in [-0.4, -0.2) is 12.6 Å². The first-order valence-electron chi connectivity index (χ1n) is 6.47. The highest BCUT2D eigenvalue weighted by Crippen LogP contribution is 2.52. The van der Waals surface area contributed by atoms with Crippen LogP contribution < -0.4 is 0 Å². The van der Waals surface area contributed by atoms with Gasteiger partial charge in [-0.3, -0.25) is 4.79 Å². The molecule has 1 aliphatic rings. The van der Waals surface area contributed by atoms with Crippen LogP contribution in [0.25, 0.3) is 0 Å². The van der Waals surface area contributed by atoms with Crippen LogP contribution in [0, 0.1) is 22.6 Å². The molecular weight excluding hydrogens is 245 g/mol. The van der Waals surface area contributed by atoms with Crippen molar-refractivity contribution in [2.24, 2.45) is 5.41 Å². The van der Waals surface area contributed by atoms with Gasteiger partial charge in [0, 0.05) is 5.56 Å². The molecule has 0 N–H and O–H groups in total. The number of carbonyl (C=O) groups excluding carboxylic acids is 1. The van der Waals surface area contributed by atoms with E-state index in [0.29, 0.717) is 12.8 Å². The van der Waals surface area contributed by atoms with Gasteiger partial charge in [0.05, 0.1) is 24.0 Å². The van der Waals surface area contributed by atoms with Crippen molar-refractivity contribution in [1.82, 2.24) is 0 Å². The van der Waals surface area contributed by atoms with E-state index >= 15 is 0 Å². The second kappa shape index (κ2) is 5.40. The van der Waals surface area contributed by atoms with Crippen molar-refractivity contribution in [1.29, 1.82) is 5.26 Å². The molecule has 4 heteroatoms. The van der Waals surface area contributed by atoms with Crippen molar-refractivity contribution in [2.75, 3.05) is 6.61 Å². The zero-order chi connectivity index (χ0) is 13.9. The van der Waals surface area contributed by atoms with Gasteiger partial charge in [-0.2, -0.15) is 5.26 Å². The third-order valence-electron chi connectivity index (χ3n) is 3.83. The monoisotopic (exact) mass is 261 g/mol. The zero-order valence-electron chi connectivity index (χ0n) is 10.9. The van der Waals surface area contributed by atoms with Gasteiger partial charge in [-0.25, -0.2) is 4.39 Å². The molecule has 0 heterocycles. The number of esters is 1. The van der Waals surface area contributed by atoms with Crippen LogP contribution in [0.4, 0.5) is 4.39 Å². The fourth-order valence-corrected chi connectivity index (χ4v) is 2.64. The summed E-state index contributed by atoms with van der Waals surface area (Å²) in [6, 6.07) is 8.24. The maximum absolute atomic E-state index is 13.9. The van der Waals surface area contributed by atoms with E-state index in [0.717, 1.165) is 6.42 Å². The molecule has 1 aliphatic carbocycles. The minimum absolute atomic E-state index is 0.274. The van der Waals surface area contributed by atoms with Gasteiger partial charge < -0.3 is 4.74 Å². The Morgan fingerprint density at radius 3 is 2.68 bits per heavy atom. The van der Waals surface area contributed by atoms with E-state index < -0.39 is 17.2 Å². The summed E-state index contributed by atoms with van der Waals surface area (Å²) in [5.74, 6) is -1.60. The Hall–Kier alpha value is -1.89. The van der Waals surface area contributed by atoms with Gasteiger partial charge in [-0.1, -0.05) is 24.6 Å². The van der Waals surface area contributed by atoms with Crippen LogP contribution in [0.5, 0.6) is 0 Å². The predicted octanol–water partition coefficient (Wildman–Crippen LogP) is 3.17. The summed E-state index contributed by atoms with van der Waals surface area (Å²) in [6.45, 7) is 2.00. The lowest BCUT2D eigenvalue weighted by Gasteiger charge is -2.42. The number of hydrogen-bond acceptors (Lipinski definition) is 3. The highest BCUT2D eigenvalue weighted by atomic mass is 19.1. The molecule has 1 aromatic carbocycles. The molecule has 0 aromatic heterocycles. The summed E-state index contributed by atoms with van der Waals surface area (Å²) in [4.78, 5) is 12.1. The Morgan fingerprint density at radius 1 is 1.53 bits per heavy atom. The first-order chi connectivity index (χ1) is 9.15. The Balaban J connectivity index is 2.38. The number of rotatable bonds is 4. The van der Waals surface area contributed by atoms with E-state index in [1.165, 1.54) is 6.07 Å². The summed E-state index contributed by atoms with van der Waals surface area (Å²) in [6.07, 6.45) is 2.03. The third kappa shape index (κ3) is 2.21. The lowest BCUT2D eigenvalue weighted by atomic mass is 9.59. The smallest absolute Gasteiger partial charge is 0.313 e. The second-order valence-corrected chi connectivity index (χ2v) is 4.81. The molecule has 19 heavy (non-hydrogen) atoms. The summed E-state index contributed by atoms with van der Waals surface area (Å²) in [5.41, 5.74) is -0.579. The molecule has 1 atom stereocenters. The molecule has 0 spiro atoms. The highest BCUT2D eigenvalue weighted by Gasteiger charge is 2.53. The van der Waals surface area contributed by atoms with Crippen molar-refractivity contribution < 1.29 is 13.9 Å². The fourth-order valence-electron chi connectivity index (χ4n) is 2.64. The lowest BCUT2D eigenvalue weighted by molar-refractivity contribution is -0.162. The molecule has 1 fully saturated rings. The summed E-state index contributed by atoms with van der Waals surface area (Å²) < 4.78 is 18.9. The molecule has 0 bridgehead atoms. The molecule has 1 unspecified atom stereocenters. The van der Waals surface area contributed by atoms with Crippen LogP contribution in [0.3, 0.4) is 0 Å². The van der Waals surface area contributed by atoms with E-state index in [2.05, 4.69) is 6.07 Å². The molecule has 1 aromatic rings. The fraction of sp³-hybridized carbons (Fsp3) is 0.467. The van der Waals surface area contributed by atoms with E-state index in [4.69, 9.17) is 4.74 Å². The minimum atomic E-state index is -0.868. The van der Waals surface area contributed by atoms with Crippen molar-refractivity contribution in [3.05, 3.63) is 35.6 Å². The van der Waals surface area contributed by atoms with Gasteiger partial charge in [0.25, 0.3) is 0 Å². The number of nitrogens with zero attached hydrogens (tertiary/aromatic N) is 1. The summed E-state index contributed by atoms with van der Waals surface area (Å²) >= 11 is 0. The van der Waals surface area contributed by atoms with Crippen molar-refractivity contribution in [2.45, 2.75) is 32.1 Å². The molecule has 0 amide bonds. The van der Waals surface area contributed by atoms with Crippen LogP contribution in [-0.2, 0) is 9.53 Å². The molecule has 3 nitrogen and oxygen atoms in total. The van der Waals surface area contributed by atoms with Gasteiger partial charge in [0.1, 0.15) is 5.82 Å². The Morgan fingerprint density at radius 2 is 2.21 bits per heavy atom. The number of carbonyl (C=O) groups is 1. The SMILES string of the molecule is CCOC(=O)C1(C(C#N)c2ccccc2F)CCC1. The van der Waals surface area contributed by atoms with Gasteiger partial charge >= 0.3 is 5.97 Å². The number of nitriles is 1. The first-order valence-corrected chi connectivity index (χ1v) is 6.47. The Labute approximate surface area is 112 Å². The van der Waals surface area contributed by atoms with Crippen molar-refractivity contribution in [3.8, 4) is 6.07 Å². The van der Waals surface area contributed by atoms with Crippen molar-refractivity contribution >= 4 is 5.97 Å². The van der Waals surface area contributed by atoms with Crippen LogP contribution in [0.2, 0.25) is 0 Å². The van der Waals surface area contributed by atoms with E-state index in [1.807, 2.05) is 0 Å². The van der Waals surface area contributed by atoms with Gasteiger partial charge in [-0.15, -0.1) is 0 Å². The highest BCUT2D eigenvalue weighted by molar-refractivity contribution is 5.80. The molecule has 1 saturated carbocycles. The zero-order valence-corrected chi connectivity index (χ0v) is 10.9. The third-order valence-corrected chi connectivity index (χ3v) is 3.83. The van der Waals surface area contributed by atoms with E-state index in [-0.39, 0.29) is 18.1 Å². The topological polar surface area (TPSA) is 50.1 Å². The molecule has 0 saturated heterocycles. The van der Waals surface area contributed by atoms with Gasteiger partial charge in [0.2, 0.25) is 0 Å². The molecular formula is C15H16FNO2. The molecule has 100 valence electrons.